The molecule has 2 heterocycles. The third kappa shape index (κ3) is 5.40. The lowest BCUT2D eigenvalue weighted by molar-refractivity contribution is -0.139. The van der Waals surface area contributed by atoms with Crippen molar-refractivity contribution in [1.82, 2.24) is 4.57 Å². The van der Waals surface area contributed by atoms with Gasteiger partial charge in [0.1, 0.15) is 24.1 Å². The van der Waals surface area contributed by atoms with E-state index in [0.717, 1.165) is 0 Å². The van der Waals surface area contributed by atoms with E-state index in [1.807, 2.05) is 0 Å². The van der Waals surface area contributed by atoms with Crippen molar-refractivity contribution < 1.29 is 28.5 Å². The van der Waals surface area contributed by atoms with Crippen LogP contribution in [0.1, 0.15) is 31.0 Å². The largest absolute Gasteiger partial charge is 0.497 e. The van der Waals surface area contributed by atoms with Crippen LogP contribution in [0.3, 0.4) is 0 Å². The topological polar surface area (TPSA) is 97.6 Å². The zero-order valence-corrected chi connectivity index (χ0v) is 23.1. The number of allylic oxidation sites excluding steroid dienone is 1. The van der Waals surface area contributed by atoms with E-state index in [4.69, 9.17) is 30.1 Å². The van der Waals surface area contributed by atoms with Crippen molar-refractivity contribution in [3.05, 3.63) is 78.5 Å². The molecule has 0 saturated carbocycles. The van der Waals surface area contributed by atoms with Crippen molar-refractivity contribution in [1.29, 1.82) is 0 Å². The molecular weight excluding hydrogens is 520 g/mol. The van der Waals surface area contributed by atoms with Crippen LogP contribution >= 0.6 is 11.3 Å². The van der Waals surface area contributed by atoms with Gasteiger partial charge in [-0.1, -0.05) is 23.3 Å². The van der Waals surface area contributed by atoms with Gasteiger partial charge in [-0.15, -0.1) is 6.42 Å². The summed E-state index contributed by atoms with van der Waals surface area (Å²) in [4.78, 5) is 32.1. The molecule has 0 saturated heterocycles. The Balaban J connectivity index is 1.92. The van der Waals surface area contributed by atoms with E-state index in [2.05, 4.69) is 10.9 Å². The smallest absolute Gasteiger partial charge is 0.338 e. The number of ether oxygens (including phenoxy) is 5. The predicted octanol–water partition coefficient (Wildman–Crippen LogP) is 2.84. The van der Waals surface area contributed by atoms with Crippen molar-refractivity contribution in [3.63, 3.8) is 0 Å². The molecule has 0 fully saturated rings. The molecule has 0 spiro atoms. The standard InChI is InChI=1S/C29H28N2O7S/c1-7-13-38-21-12-9-18(14-23(21)36-6)15-24-27(32)31-26(20-11-10-19(34-4)16-22(20)35-5)25(28(33)37-8-2)17(3)30-29(31)39-24/h1,9-12,14-16,26H,8,13H2,2-6H3/b24-15-/t26-/m0/s1. The van der Waals surface area contributed by atoms with Crippen molar-refractivity contribution in [2.75, 3.05) is 34.5 Å². The van der Waals surface area contributed by atoms with E-state index in [1.165, 1.54) is 30.1 Å². The van der Waals surface area contributed by atoms with Gasteiger partial charge in [0, 0.05) is 11.6 Å². The number of carbonyl (C=O) groups is 1. The van der Waals surface area contributed by atoms with Crippen LogP contribution in [-0.4, -0.2) is 45.1 Å². The molecular formula is C29H28N2O7S. The Morgan fingerprint density at radius 2 is 1.87 bits per heavy atom. The van der Waals surface area contributed by atoms with Crippen molar-refractivity contribution >= 4 is 23.4 Å². The third-order valence-corrected chi connectivity index (χ3v) is 7.03. The van der Waals surface area contributed by atoms with Crippen molar-refractivity contribution in [2.24, 2.45) is 4.99 Å². The van der Waals surface area contributed by atoms with Gasteiger partial charge in [-0.05, 0) is 49.8 Å². The summed E-state index contributed by atoms with van der Waals surface area (Å²) in [5.74, 6) is 3.87. The summed E-state index contributed by atoms with van der Waals surface area (Å²) >= 11 is 1.22. The Bertz CT molecular complexity index is 1660. The van der Waals surface area contributed by atoms with Gasteiger partial charge in [0.2, 0.25) is 0 Å². The number of hydrogen-bond acceptors (Lipinski definition) is 9. The molecule has 1 aliphatic rings. The third-order valence-electron chi connectivity index (χ3n) is 6.05. The van der Waals surface area contributed by atoms with Crippen LogP contribution in [0.25, 0.3) is 6.08 Å². The van der Waals surface area contributed by atoms with E-state index in [9.17, 15) is 9.59 Å². The molecule has 0 amide bonds. The van der Waals surface area contributed by atoms with Gasteiger partial charge in [-0.3, -0.25) is 9.36 Å². The first kappa shape index (κ1) is 27.5. The minimum atomic E-state index is -0.822. The summed E-state index contributed by atoms with van der Waals surface area (Å²) in [5, 5.41) is 0. The maximum absolute atomic E-state index is 13.9. The van der Waals surface area contributed by atoms with E-state index >= 15 is 0 Å². The summed E-state index contributed by atoms with van der Waals surface area (Å²) in [7, 11) is 4.60. The summed E-state index contributed by atoms with van der Waals surface area (Å²) in [5.41, 5.74) is 1.71. The Morgan fingerprint density at radius 1 is 1.10 bits per heavy atom. The minimum absolute atomic E-state index is 0.102. The lowest BCUT2D eigenvalue weighted by Gasteiger charge is -2.26. The molecule has 1 aliphatic heterocycles. The molecule has 1 aromatic heterocycles. The van der Waals surface area contributed by atoms with Gasteiger partial charge in [0.15, 0.2) is 16.3 Å². The Morgan fingerprint density at radius 3 is 2.54 bits per heavy atom. The molecule has 3 aromatic rings. The first-order chi connectivity index (χ1) is 18.9. The molecule has 10 heteroatoms. The summed E-state index contributed by atoms with van der Waals surface area (Å²) in [6.45, 7) is 3.73. The number of carbonyl (C=O) groups excluding carboxylic acids is 1. The van der Waals surface area contributed by atoms with Crippen LogP contribution < -0.4 is 33.8 Å². The van der Waals surface area contributed by atoms with Gasteiger partial charge in [-0.25, -0.2) is 9.79 Å². The predicted molar refractivity (Wildman–Crippen MR) is 147 cm³/mol. The fraction of sp³-hybridized carbons (Fsp3) is 0.276. The van der Waals surface area contributed by atoms with E-state index < -0.39 is 12.0 Å². The highest BCUT2D eigenvalue weighted by molar-refractivity contribution is 7.07. The first-order valence-corrected chi connectivity index (χ1v) is 12.8. The first-order valence-electron chi connectivity index (χ1n) is 12.0. The number of hydrogen-bond donors (Lipinski definition) is 0. The van der Waals surface area contributed by atoms with E-state index in [-0.39, 0.29) is 24.3 Å². The fourth-order valence-corrected chi connectivity index (χ4v) is 5.34. The second-order valence-electron chi connectivity index (χ2n) is 8.31. The molecule has 202 valence electrons. The SMILES string of the molecule is C#CCOc1ccc(/C=c2\sc3n(c2=O)[C@@H](c2ccc(OC)cc2OC)C(C(=O)OCC)=C(C)N=3)cc1OC. The molecule has 0 bridgehead atoms. The van der Waals surface area contributed by atoms with Crippen molar-refractivity contribution in [2.45, 2.75) is 19.9 Å². The number of esters is 1. The maximum atomic E-state index is 13.9. The van der Waals surface area contributed by atoms with Gasteiger partial charge < -0.3 is 23.7 Å². The van der Waals surface area contributed by atoms with Crippen molar-refractivity contribution in [3.8, 4) is 35.3 Å². The van der Waals surface area contributed by atoms with Crippen LogP contribution in [0.4, 0.5) is 0 Å². The number of benzene rings is 2. The van der Waals surface area contributed by atoms with Gasteiger partial charge in [0.05, 0.1) is 43.7 Å². The zero-order valence-electron chi connectivity index (χ0n) is 22.3. The molecule has 2 aromatic carbocycles. The van der Waals surface area contributed by atoms with Gasteiger partial charge in [0.25, 0.3) is 5.56 Å². The highest BCUT2D eigenvalue weighted by Gasteiger charge is 2.35. The average Bonchev–Trinajstić information content (AvgIpc) is 3.24. The van der Waals surface area contributed by atoms with Gasteiger partial charge in [-0.2, -0.15) is 0 Å². The minimum Gasteiger partial charge on any atom is -0.497 e. The number of methoxy groups -OCH3 is 3. The number of terminal acetylenes is 1. The lowest BCUT2D eigenvalue weighted by atomic mass is 9.95. The van der Waals surface area contributed by atoms with E-state index in [1.54, 1.807) is 63.4 Å². The average molecular weight is 549 g/mol. The quantitative estimate of drug-likeness (QED) is 0.300. The highest BCUT2D eigenvalue weighted by atomic mass is 32.1. The van der Waals surface area contributed by atoms with E-state index in [0.29, 0.717) is 49.2 Å². The van der Waals surface area contributed by atoms with Crippen LogP contribution in [0.2, 0.25) is 0 Å². The Kier molecular flexibility index (Phi) is 8.42. The fourth-order valence-electron chi connectivity index (χ4n) is 4.29. The summed E-state index contributed by atoms with van der Waals surface area (Å²) in [6, 6.07) is 9.69. The molecule has 0 radical (unpaired) electrons. The maximum Gasteiger partial charge on any atom is 0.338 e. The Labute approximate surface area is 229 Å². The van der Waals surface area contributed by atoms with Crippen LogP contribution in [-0.2, 0) is 9.53 Å². The summed E-state index contributed by atoms with van der Waals surface area (Å²) in [6.07, 6.45) is 7.03. The normalized spacial score (nSPS) is 14.7. The van der Waals surface area contributed by atoms with Gasteiger partial charge >= 0.3 is 5.97 Å². The number of rotatable bonds is 9. The Hall–Kier alpha value is -4.49. The molecule has 9 nitrogen and oxygen atoms in total. The van der Waals surface area contributed by atoms with Crippen LogP contribution in [0.5, 0.6) is 23.0 Å². The monoisotopic (exact) mass is 548 g/mol. The summed E-state index contributed by atoms with van der Waals surface area (Å²) < 4.78 is 29.2. The molecule has 1 atom stereocenters. The second kappa shape index (κ2) is 11.9. The second-order valence-corrected chi connectivity index (χ2v) is 9.32. The highest BCUT2D eigenvalue weighted by Crippen LogP contribution is 2.37. The zero-order chi connectivity index (χ0) is 28.1. The lowest BCUT2D eigenvalue weighted by Crippen LogP contribution is -2.40. The van der Waals surface area contributed by atoms with Crippen LogP contribution in [0.15, 0.2) is 57.5 Å². The number of nitrogens with zero attached hydrogens (tertiary/aromatic N) is 2. The molecule has 0 N–H and O–H groups in total. The molecule has 4 rings (SSSR count). The molecule has 0 unspecified atom stereocenters. The number of thiazole rings is 1. The van der Waals surface area contributed by atoms with Crippen LogP contribution in [0, 0.1) is 12.3 Å². The molecule has 0 aliphatic carbocycles. The number of fused-ring (bicyclic) bond motifs is 1. The molecule has 39 heavy (non-hydrogen) atoms. The number of aromatic nitrogens is 1.